The van der Waals surface area contributed by atoms with Crippen molar-refractivity contribution in [2.75, 3.05) is 19.6 Å². The van der Waals surface area contributed by atoms with Gasteiger partial charge in [0.15, 0.2) is 0 Å². The highest BCUT2D eigenvalue weighted by molar-refractivity contribution is 7.89. The molecule has 17 heavy (non-hydrogen) atoms. The number of sulfonamides is 1. The Labute approximate surface area is 100 Å². The number of halogens is 1. The molecule has 1 unspecified atom stereocenters. The van der Waals surface area contributed by atoms with E-state index in [-0.39, 0.29) is 4.90 Å². The molecule has 94 valence electrons. The minimum absolute atomic E-state index is 0.102. The lowest BCUT2D eigenvalue weighted by Gasteiger charge is -2.10. The number of rotatable bonds is 4. The second-order valence-corrected chi connectivity index (χ2v) is 5.93. The molecule has 1 heterocycles. The predicted octanol–water partition coefficient (Wildman–Crippen LogP) is 0.713. The van der Waals surface area contributed by atoms with E-state index in [2.05, 4.69) is 10.0 Å². The lowest BCUT2D eigenvalue weighted by molar-refractivity contribution is 0.538. The third-order valence-electron chi connectivity index (χ3n) is 2.85. The maximum Gasteiger partial charge on any atom is 0.240 e. The van der Waals surface area contributed by atoms with E-state index in [9.17, 15) is 12.8 Å². The van der Waals surface area contributed by atoms with E-state index >= 15 is 0 Å². The molecule has 1 fully saturated rings. The highest BCUT2D eigenvalue weighted by Crippen LogP contribution is 2.11. The molecule has 0 aliphatic carbocycles. The van der Waals surface area contributed by atoms with Gasteiger partial charge < -0.3 is 5.32 Å². The van der Waals surface area contributed by atoms with Crippen LogP contribution < -0.4 is 10.0 Å². The number of nitrogens with one attached hydrogen (secondary N) is 2. The summed E-state index contributed by atoms with van der Waals surface area (Å²) in [4.78, 5) is 0.102. The van der Waals surface area contributed by atoms with E-state index in [0.717, 1.165) is 31.6 Å². The van der Waals surface area contributed by atoms with Crippen LogP contribution in [-0.4, -0.2) is 28.1 Å². The molecular formula is C11H15FN2O2S. The predicted molar refractivity (Wildman–Crippen MR) is 62.6 cm³/mol. The molecule has 1 atom stereocenters. The third kappa shape index (κ3) is 3.24. The van der Waals surface area contributed by atoms with E-state index in [1.54, 1.807) is 0 Å². The first-order chi connectivity index (χ1) is 8.08. The number of hydrogen-bond donors (Lipinski definition) is 2. The van der Waals surface area contributed by atoms with Gasteiger partial charge in [-0.2, -0.15) is 0 Å². The normalized spacial score (nSPS) is 20.6. The monoisotopic (exact) mass is 258 g/mol. The summed E-state index contributed by atoms with van der Waals surface area (Å²) in [5.41, 5.74) is 0. The molecule has 0 radical (unpaired) electrons. The van der Waals surface area contributed by atoms with Crippen LogP contribution in [0.15, 0.2) is 29.2 Å². The minimum atomic E-state index is -3.51. The Morgan fingerprint density at radius 1 is 1.35 bits per heavy atom. The van der Waals surface area contributed by atoms with Gasteiger partial charge in [0.1, 0.15) is 5.82 Å². The summed E-state index contributed by atoms with van der Waals surface area (Å²) >= 11 is 0. The molecule has 2 N–H and O–H groups in total. The van der Waals surface area contributed by atoms with Gasteiger partial charge in [-0.15, -0.1) is 0 Å². The Morgan fingerprint density at radius 2 is 2.06 bits per heavy atom. The first-order valence-corrected chi connectivity index (χ1v) is 7.02. The van der Waals surface area contributed by atoms with Gasteiger partial charge in [-0.1, -0.05) is 0 Å². The van der Waals surface area contributed by atoms with Crippen LogP contribution in [0.5, 0.6) is 0 Å². The van der Waals surface area contributed by atoms with Gasteiger partial charge in [-0.3, -0.25) is 0 Å². The number of hydrogen-bond acceptors (Lipinski definition) is 3. The minimum Gasteiger partial charge on any atom is -0.316 e. The zero-order chi connectivity index (χ0) is 12.3. The molecule has 2 rings (SSSR count). The van der Waals surface area contributed by atoms with Crippen LogP contribution in [0, 0.1) is 11.7 Å². The van der Waals surface area contributed by atoms with Crippen molar-refractivity contribution in [1.82, 2.24) is 10.0 Å². The summed E-state index contributed by atoms with van der Waals surface area (Å²) in [5, 5.41) is 3.17. The second kappa shape index (κ2) is 5.12. The summed E-state index contributed by atoms with van der Waals surface area (Å²) in [6, 6.07) is 4.83. The summed E-state index contributed by atoms with van der Waals surface area (Å²) in [5.74, 6) is -0.103. The first-order valence-electron chi connectivity index (χ1n) is 5.54. The molecule has 6 heteroatoms. The van der Waals surface area contributed by atoms with Crippen LogP contribution >= 0.6 is 0 Å². The van der Waals surface area contributed by atoms with Crippen LogP contribution in [0.3, 0.4) is 0 Å². The van der Waals surface area contributed by atoms with Crippen molar-refractivity contribution in [3.63, 3.8) is 0 Å². The lowest BCUT2D eigenvalue weighted by atomic mass is 10.1. The molecule has 1 aromatic rings. The average Bonchev–Trinajstić information content (AvgIpc) is 2.80. The third-order valence-corrected chi connectivity index (χ3v) is 4.29. The Kier molecular flexibility index (Phi) is 3.76. The highest BCUT2D eigenvalue weighted by atomic mass is 32.2. The molecular weight excluding hydrogens is 243 g/mol. The zero-order valence-corrected chi connectivity index (χ0v) is 10.1. The van der Waals surface area contributed by atoms with Gasteiger partial charge in [-0.05, 0) is 49.7 Å². The lowest BCUT2D eigenvalue weighted by Crippen LogP contribution is -2.30. The first kappa shape index (κ1) is 12.5. The standard InChI is InChI=1S/C11H15FN2O2S/c12-10-1-3-11(4-2-10)17(15,16)14-8-9-5-6-13-7-9/h1-4,9,13-14H,5-8H2. The molecule has 1 saturated heterocycles. The second-order valence-electron chi connectivity index (χ2n) is 4.16. The zero-order valence-electron chi connectivity index (χ0n) is 9.32. The van der Waals surface area contributed by atoms with Gasteiger partial charge in [0, 0.05) is 6.54 Å². The highest BCUT2D eigenvalue weighted by Gasteiger charge is 2.19. The quantitative estimate of drug-likeness (QED) is 0.836. The van der Waals surface area contributed by atoms with Crippen molar-refractivity contribution in [2.24, 2.45) is 5.92 Å². The van der Waals surface area contributed by atoms with Crippen molar-refractivity contribution in [1.29, 1.82) is 0 Å². The summed E-state index contributed by atoms with van der Waals surface area (Å²) < 4.78 is 38.9. The van der Waals surface area contributed by atoms with E-state index in [4.69, 9.17) is 0 Å². The van der Waals surface area contributed by atoms with Crippen molar-refractivity contribution < 1.29 is 12.8 Å². The molecule has 4 nitrogen and oxygen atoms in total. The number of benzene rings is 1. The molecule has 0 aromatic heterocycles. The van der Waals surface area contributed by atoms with Gasteiger partial charge in [-0.25, -0.2) is 17.5 Å². The van der Waals surface area contributed by atoms with Gasteiger partial charge in [0.25, 0.3) is 0 Å². The maximum absolute atomic E-state index is 12.7. The van der Waals surface area contributed by atoms with E-state index in [0.29, 0.717) is 12.5 Å². The Hall–Kier alpha value is -0.980. The van der Waals surface area contributed by atoms with Gasteiger partial charge in [0.05, 0.1) is 4.90 Å². The van der Waals surface area contributed by atoms with Crippen molar-refractivity contribution in [2.45, 2.75) is 11.3 Å². The van der Waals surface area contributed by atoms with Crippen LogP contribution in [0.1, 0.15) is 6.42 Å². The molecule has 0 saturated carbocycles. The summed E-state index contributed by atoms with van der Waals surface area (Å²) in [6.07, 6.45) is 0.978. The summed E-state index contributed by atoms with van der Waals surface area (Å²) in [6.45, 7) is 2.20. The summed E-state index contributed by atoms with van der Waals surface area (Å²) in [7, 11) is -3.51. The molecule has 1 aliphatic heterocycles. The van der Waals surface area contributed by atoms with Gasteiger partial charge in [0.2, 0.25) is 10.0 Å². The molecule has 0 amide bonds. The van der Waals surface area contributed by atoms with Crippen LogP contribution in [-0.2, 0) is 10.0 Å². The topological polar surface area (TPSA) is 58.2 Å². The van der Waals surface area contributed by atoms with E-state index in [1.165, 1.54) is 12.1 Å². The molecule has 1 aliphatic rings. The fourth-order valence-corrected chi connectivity index (χ4v) is 2.93. The fraction of sp³-hybridized carbons (Fsp3) is 0.455. The van der Waals surface area contributed by atoms with Crippen molar-refractivity contribution >= 4 is 10.0 Å². The Morgan fingerprint density at radius 3 is 2.65 bits per heavy atom. The van der Waals surface area contributed by atoms with Crippen molar-refractivity contribution in [3.05, 3.63) is 30.1 Å². The van der Waals surface area contributed by atoms with Gasteiger partial charge >= 0.3 is 0 Å². The maximum atomic E-state index is 12.7. The molecule has 0 spiro atoms. The van der Waals surface area contributed by atoms with E-state index in [1.807, 2.05) is 0 Å². The Balaban J connectivity index is 2.00. The fourth-order valence-electron chi connectivity index (χ4n) is 1.81. The molecule has 0 bridgehead atoms. The smallest absolute Gasteiger partial charge is 0.240 e. The average molecular weight is 258 g/mol. The largest absolute Gasteiger partial charge is 0.316 e. The van der Waals surface area contributed by atoms with Crippen LogP contribution in [0.25, 0.3) is 0 Å². The van der Waals surface area contributed by atoms with E-state index < -0.39 is 15.8 Å². The van der Waals surface area contributed by atoms with Crippen LogP contribution in [0.4, 0.5) is 4.39 Å². The SMILES string of the molecule is O=S(=O)(NCC1CCNC1)c1ccc(F)cc1. The van der Waals surface area contributed by atoms with Crippen LogP contribution in [0.2, 0.25) is 0 Å². The molecule has 1 aromatic carbocycles. The Bertz CT molecular complexity index is 467. The van der Waals surface area contributed by atoms with Crippen molar-refractivity contribution in [3.8, 4) is 0 Å².